The molecule has 0 spiro atoms. The smallest absolute Gasteiger partial charge is 0.212 e. The quantitative estimate of drug-likeness (QED) is 0.618. The molecule has 1 aliphatic heterocycles. The van der Waals surface area contributed by atoms with E-state index in [0.717, 1.165) is 11.6 Å². The Kier molecular flexibility index (Phi) is 3.91. The van der Waals surface area contributed by atoms with E-state index in [1.165, 1.54) is 0 Å². The number of sulfonamides is 1. The van der Waals surface area contributed by atoms with E-state index in [-0.39, 0.29) is 12.1 Å². The molecule has 1 heterocycles. The van der Waals surface area contributed by atoms with Crippen LogP contribution in [0.5, 0.6) is 0 Å². The lowest BCUT2D eigenvalue weighted by molar-refractivity contribution is 0.549. The third kappa shape index (κ3) is 3.46. The van der Waals surface area contributed by atoms with E-state index in [1.807, 2.05) is 37.3 Å². The summed E-state index contributed by atoms with van der Waals surface area (Å²) < 4.78 is 26.4. The maximum Gasteiger partial charge on any atom is 0.214 e. The summed E-state index contributed by atoms with van der Waals surface area (Å²) in [6.07, 6.45) is 0. The Morgan fingerprint density at radius 3 is 2.26 bits per heavy atom. The number of benzene rings is 1. The Balaban J connectivity index is 2.08. The summed E-state index contributed by atoms with van der Waals surface area (Å²) in [5, 5.41) is 0. The maximum absolute atomic E-state index is 12.4. The van der Waals surface area contributed by atoms with Crippen molar-refractivity contribution in [2.24, 2.45) is 0 Å². The van der Waals surface area contributed by atoms with Crippen LogP contribution in [-0.2, 0) is 10.0 Å². The van der Waals surface area contributed by atoms with Crippen LogP contribution in [-0.4, -0.2) is 32.6 Å². The SMILES string of the molecule is C[C@@H]1C(c2ccccc2)N1S(=O)(=O)CC[Si](C)(C)C. The van der Waals surface area contributed by atoms with E-state index in [9.17, 15) is 8.42 Å². The Labute approximate surface area is 117 Å². The molecule has 0 aliphatic carbocycles. The Hall–Kier alpha value is -0.653. The first-order valence-electron chi connectivity index (χ1n) is 6.78. The van der Waals surface area contributed by atoms with Gasteiger partial charge in [0.25, 0.3) is 0 Å². The first-order valence-corrected chi connectivity index (χ1v) is 12.1. The van der Waals surface area contributed by atoms with E-state index < -0.39 is 18.1 Å². The summed E-state index contributed by atoms with van der Waals surface area (Å²) in [4.78, 5) is 0. The molecule has 1 saturated heterocycles. The normalized spacial score (nSPS) is 27.3. The highest BCUT2D eigenvalue weighted by molar-refractivity contribution is 7.89. The molecule has 0 amide bonds. The summed E-state index contributed by atoms with van der Waals surface area (Å²) in [6.45, 7) is 8.62. The highest BCUT2D eigenvalue weighted by Gasteiger charge is 2.52. The van der Waals surface area contributed by atoms with Crippen LogP contribution in [0.4, 0.5) is 0 Å². The van der Waals surface area contributed by atoms with E-state index in [2.05, 4.69) is 19.6 Å². The van der Waals surface area contributed by atoms with Gasteiger partial charge < -0.3 is 0 Å². The Bertz CT molecular complexity index is 536. The fraction of sp³-hybridized carbons (Fsp3) is 0.571. The second-order valence-electron chi connectivity index (χ2n) is 6.55. The molecule has 1 aromatic carbocycles. The predicted octanol–water partition coefficient (Wildman–Crippen LogP) is 3.10. The van der Waals surface area contributed by atoms with Crippen molar-refractivity contribution in [1.82, 2.24) is 4.31 Å². The van der Waals surface area contributed by atoms with Crippen molar-refractivity contribution in [3.63, 3.8) is 0 Å². The van der Waals surface area contributed by atoms with Gasteiger partial charge in [0.2, 0.25) is 10.0 Å². The van der Waals surface area contributed by atoms with Crippen molar-refractivity contribution in [3.8, 4) is 0 Å². The maximum atomic E-state index is 12.4. The van der Waals surface area contributed by atoms with Gasteiger partial charge in [-0.3, -0.25) is 0 Å². The summed E-state index contributed by atoms with van der Waals surface area (Å²) in [5.41, 5.74) is 1.10. The molecule has 2 unspecified atom stereocenters. The summed E-state index contributed by atoms with van der Waals surface area (Å²) >= 11 is 0. The minimum atomic E-state index is -3.10. The predicted molar refractivity (Wildman–Crippen MR) is 82.4 cm³/mol. The molecule has 0 N–H and O–H groups in total. The van der Waals surface area contributed by atoms with Crippen LogP contribution in [0.1, 0.15) is 18.5 Å². The van der Waals surface area contributed by atoms with Gasteiger partial charge in [0.1, 0.15) is 0 Å². The molecule has 0 radical (unpaired) electrons. The molecule has 3 atom stereocenters. The van der Waals surface area contributed by atoms with Crippen molar-refractivity contribution in [3.05, 3.63) is 35.9 Å². The Morgan fingerprint density at radius 1 is 1.16 bits per heavy atom. The molecular formula is C14H23NO2SSi. The second-order valence-corrected chi connectivity index (χ2v) is 14.2. The van der Waals surface area contributed by atoms with Crippen molar-refractivity contribution in [2.75, 3.05) is 5.75 Å². The molecule has 0 bridgehead atoms. The van der Waals surface area contributed by atoms with Gasteiger partial charge in [-0.15, -0.1) is 0 Å². The molecule has 0 saturated carbocycles. The van der Waals surface area contributed by atoms with Crippen LogP contribution in [0.25, 0.3) is 0 Å². The minimum absolute atomic E-state index is 0.0489. The zero-order chi connectivity index (χ0) is 14.3. The van der Waals surface area contributed by atoms with Gasteiger partial charge in [-0.2, -0.15) is 4.31 Å². The van der Waals surface area contributed by atoms with E-state index in [1.54, 1.807) is 4.31 Å². The van der Waals surface area contributed by atoms with Crippen LogP contribution >= 0.6 is 0 Å². The monoisotopic (exact) mass is 297 g/mol. The van der Waals surface area contributed by atoms with Gasteiger partial charge in [-0.25, -0.2) is 8.42 Å². The zero-order valence-electron chi connectivity index (χ0n) is 12.1. The minimum Gasteiger partial charge on any atom is -0.212 e. The topological polar surface area (TPSA) is 37.1 Å². The molecule has 1 aliphatic rings. The lowest BCUT2D eigenvalue weighted by atomic mass is 10.1. The first-order chi connectivity index (χ1) is 8.72. The second kappa shape index (κ2) is 5.03. The summed E-state index contributed by atoms with van der Waals surface area (Å²) in [6, 6.07) is 10.9. The van der Waals surface area contributed by atoms with Crippen molar-refractivity contribution < 1.29 is 8.42 Å². The van der Waals surface area contributed by atoms with Crippen molar-refractivity contribution >= 4 is 18.1 Å². The first kappa shape index (κ1) is 14.7. The molecule has 0 aromatic heterocycles. The number of nitrogens with zero attached hydrogens (tertiary/aromatic N) is 1. The van der Waals surface area contributed by atoms with Crippen LogP contribution in [0.15, 0.2) is 30.3 Å². The van der Waals surface area contributed by atoms with Crippen molar-refractivity contribution in [2.45, 2.75) is 44.7 Å². The van der Waals surface area contributed by atoms with Crippen LogP contribution in [0.2, 0.25) is 25.7 Å². The van der Waals surface area contributed by atoms with Gasteiger partial charge in [0.05, 0.1) is 11.8 Å². The van der Waals surface area contributed by atoms with E-state index >= 15 is 0 Å². The third-order valence-corrected chi connectivity index (χ3v) is 7.65. The van der Waals surface area contributed by atoms with Gasteiger partial charge >= 0.3 is 0 Å². The van der Waals surface area contributed by atoms with Crippen LogP contribution in [0, 0.1) is 0 Å². The summed E-state index contributed by atoms with van der Waals surface area (Å²) in [5.74, 6) is 0.302. The lowest BCUT2D eigenvalue weighted by Gasteiger charge is -2.16. The molecule has 1 fully saturated rings. The molecule has 106 valence electrons. The fourth-order valence-electron chi connectivity index (χ4n) is 2.36. The van der Waals surface area contributed by atoms with Crippen LogP contribution in [0.3, 0.4) is 0 Å². The largest absolute Gasteiger partial charge is 0.214 e. The Morgan fingerprint density at radius 2 is 1.74 bits per heavy atom. The van der Waals surface area contributed by atoms with Gasteiger partial charge in [0, 0.05) is 14.1 Å². The van der Waals surface area contributed by atoms with Gasteiger partial charge in [-0.05, 0) is 18.5 Å². The lowest BCUT2D eigenvalue weighted by Crippen LogP contribution is -2.27. The van der Waals surface area contributed by atoms with E-state index in [0.29, 0.717) is 5.75 Å². The van der Waals surface area contributed by atoms with E-state index in [4.69, 9.17) is 0 Å². The van der Waals surface area contributed by atoms with Gasteiger partial charge in [0.15, 0.2) is 0 Å². The standard InChI is InChI=1S/C14H23NO2SSi/c1-12-14(13-8-6-5-7-9-13)15(12)18(16,17)10-11-19(2,3)4/h5-9,12,14H,10-11H2,1-4H3/t12-,14?,15?/m1/s1. The molecular weight excluding hydrogens is 274 g/mol. The number of hydrogen-bond acceptors (Lipinski definition) is 2. The zero-order valence-corrected chi connectivity index (χ0v) is 13.9. The molecule has 19 heavy (non-hydrogen) atoms. The average molecular weight is 297 g/mol. The molecule has 5 heteroatoms. The molecule has 2 rings (SSSR count). The number of rotatable bonds is 5. The third-order valence-electron chi connectivity index (χ3n) is 3.62. The highest BCUT2D eigenvalue weighted by Crippen LogP contribution is 2.45. The van der Waals surface area contributed by atoms with Gasteiger partial charge in [-0.1, -0.05) is 50.0 Å². The van der Waals surface area contributed by atoms with Crippen LogP contribution < -0.4 is 0 Å². The fourth-order valence-corrected chi connectivity index (χ4v) is 7.27. The van der Waals surface area contributed by atoms with Crippen molar-refractivity contribution in [1.29, 1.82) is 0 Å². The summed E-state index contributed by atoms with van der Waals surface area (Å²) in [7, 11) is -4.41. The molecule has 3 nitrogen and oxygen atoms in total. The number of hydrogen-bond donors (Lipinski definition) is 0. The average Bonchev–Trinajstić information content (AvgIpc) is 3.00. The molecule has 1 aromatic rings. The highest BCUT2D eigenvalue weighted by atomic mass is 32.2.